The molecule has 0 bridgehead atoms. The van der Waals surface area contributed by atoms with Crippen LogP contribution in [0.25, 0.3) is 10.9 Å². The van der Waals surface area contributed by atoms with Gasteiger partial charge in [-0.15, -0.1) is 0 Å². The Morgan fingerprint density at radius 3 is 2.73 bits per heavy atom. The minimum absolute atomic E-state index is 0.0278. The van der Waals surface area contributed by atoms with Crippen molar-refractivity contribution in [1.82, 2.24) is 4.68 Å². The average Bonchev–Trinajstić information content (AvgIpc) is 2.85. The van der Waals surface area contributed by atoms with Gasteiger partial charge < -0.3 is 20.5 Å². The number of carbonyl (C=O) groups is 1. The number of anilines is 1. The number of aromatic carboxylic acids is 1. The Morgan fingerprint density at radius 1 is 1.38 bits per heavy atom. The first kappa shape index (κ1) is 16.7. The third-order valence-electron chi connectivity index (χ3n) is 5.43. The number of nitrogens with zero attached hydrogens (tertiary/aromatic N) is 3. The first-order chi connectivity index (χ1) is 12.2. The summed E-state index contributed by atoms with van der Waals surface area (Å²) in [6.07, 6.45) is 1.36. The van der Waals surface area contributed by atoms with Crippen LogP contribution in [0.2, 0.25) is 0 Å². The van der Waals surface area contributed by atoms with Crippen LogP contribution in [0.15, 0.2) is 23.1 Å². The third-order valence-corrected chi connectivity index (χ3v) is 5.43. The Bertz CT molecular complexity index is 981. The summed E-state index contributed by atoms with van der Waals surface area (Å²) in [5.41, 5.74) is 6.95. The molecular weight excluding hydrogens is 336 g/mol. The van der Waals surface area contributed by atoms with Crippen molar-refractivity contribution in [2.45, 2.75) is 19.9 Å². The van der Waals surface area contributed by atoms with E-state index in [4.69, 9.17) is 10.5 Å². The van der Waals surface area contributed by atoms with Crippen molar-refractivity contribution < 1.29 is 14.6 Å². The summed E-state index contributed by atoms with van der Waals surface area (Å²) in [6.45, 7) is 6.00. The molecular formula is C18H22N4O4. The van der Waals surface area contributed by atoms with Crippen molar-refractivity contribution in [1.29, 1.82) is 0 Å². The lowest BCUT2D eigenvalue weighted by atomic mass is 9.89. The molecule has 8 heteroatoms. The fraction of sp³-hybridized carbons (Fsp3) is 0.444. The minimum atomic E-state index is -1.24. The number of hydrogen-bond donors (Lipinski definition) is 2. The highest BCUT2D eigenvalue weighted by Gasteiger charge is 2.38. The highest BCUT2D eigenvalue weighted by atomic mass is 16.5. The van der Waals surface area contributed by atoms with Gasteiger partial charge in [-0.2, -0.15) is 0 Å². The maximum absolute atomic E-state index is 12.6. The van der Waals surface area contributed by atoms with Crippen molar-refractivity contribution in [2.24, 2.45) is 11.1 Å². The van der Waals surface area contributed by atoms with E-state index >= 15 is 0 Å². The van der Waals surface area contributed by atoms with Crippen LogP contribution in [0, 0.1) is 5.41 Å². The molecule has 0 unspecified atom stereocenters. The van der Waals surface area contributed by atoms with E-state index < -0.39 is 11.4 Å². The molecule has 3 heterocycles. The van der Waals surface area contributed by atoms with Gasteiger partial charge in [-0.05, 0) is 17.5 Å². The summed E-state index contributed by atoms with van der Waals surface area (Å²) in [5.74, 6) is -0.641. The van der Waals surface area contributed by atoms with E-state index in [-0.39, 0.29) is 23.8 Å². The number of nitrogens with two attached hydrogens (primary N) is 1. The summed E-state index contributed by atoms with van der Waals surface area (Å²) in [7, 11) is 1.78. The standard InChI is InChI=1S/C18H22N4O4/c1-18(2)8-21(7-13(18)19)12-5-4-10-14-16(12)26-9-20(3)22(14)6-11(15(10)23)17(24)25/h4-6,13H,7-9,19H2,1-3H3,(H,24,25)/t13-/m0/s1. The monoisotopic (exact) mass is 358 g/mol. The van der Waals surface area contributed by atoms with Gasteiger partial charge in [-0.1, -0.05) is 13.8 Å². The molecule has 2 aliphatic rings. The van der Waals surface area contributed by atoms with E-state index in [2.05, 4.69) is 18.7 Å². The first-order valence-electron chi connectivity index (χ1n) is 8.51. The molecule has 1 saturated heterocycles. The van der Waals surface area contributed by atoms with E-state index in [1.54, 1.807) is 22.8 Å². The molecule has 0 spiro atoms. The lowest BCUT2D eigenvalue weighted by Crippen LogP contribution is -2.40. The number of rotatable bonds is 2. The van der Waals surface area contributed by atoms with Crippen LogP contribution in [0.4, 0.5) is 5.69 Å². The lowest BCUT2D eigenvalue weighted by Gasteiger charge is -2.33. The van der Waals surface area contributed by atoms with Gasteiger partial charge in [0.15, 0.2) is 12.5 Å². The van der Waals surface area contributed by atoms with Crippen molar-refractivity contribution in [3.63, 3.8) is 0 Å². The van der Waals surface area contributed by atoms with Gasteiger partial charge in [0.2, 0.25) is 5.43 Å². The van der Waals surface area contributed by atoms with Crippen LogP contribution in [0.5, 0.6) is 5.75 Å². The number of pyridine rings is 1. The number of aromatic nitrogens is 1. The largest absolute Gasteiger partial charge is 0.477 e. The second-order valence-corrected chi connectivity index (χ2v) is 7.74. The number of carboxylic acids is 1. The van der Waals surface area contributed by atoms with Crippen LogP contribution in [-0.4, -0.2) is 48.7 Å². The Balaban J connectivity index is 1.97. The second kappa shape index (κ2) is 5.38. The average molecular weight is 358 g/mol. The first-order valence-corrected chi connectivity index (χ1v) is 8.51. The van der Waals surface area contributed by atoms with Gasteiger partial charge in [0.05, 0.1) is 11.1 Å². The normalized spacial score (nSPS) is 21.2. The summed E-state index contributed by atoms with van der Waals surface area (Å²) < 4.78 is 7.63. The van der Waals surface area contributed by atoms with E-state index in [0.29, 0.717) is 23.2 Å². The number of ether oxygens (including phenoxy) is 1. The molecule has 0 radical (unpaired) electrons. The number of carboxylic acid groups (broad SMARTS) is 1. The maximum atomic E-state index is 12.6. The van der Waals surface area contributed by atoms with Gasteiger partial charge >= 0.3 is 5.97 Å². The predicted molar refractivity (Wildman–Crippen MR) is 98.8 cm³/mol. The Labute approximate surface area is 150 Å². The van der Waals surface area contributed by atoms with Gasteiger partial charge in [0.1, 0.15) is 11.1 Å². The molecule has 1 fully saturated rings. The number of benzene rings is 1. The molecule has 0 aliphatic carbocycles. The Kier molecular flexibility index (Phi) is 3.46. The molecule has 3 N–H and O–H groups in total. The zero-order chi connectivity index (χ0) is 18.8. The summed E-state index contributed by atoms with van der Waals surface area (Å²) in [5, 5.41) is 11.4. The van der Waals surface area contributed by atoms with Crippen molar-refractivity contribution in [2.75, 3.05) is 36.8 Å². The third kappa shape index (κ3) is 2.25. The SMILES string of the molecule is CN1COc2c(N3C[C@H](N)C(C)(C)C3)ccc3c(=O)c(C(=O)O)cn1c23. The fourth-order valence-corrected chi connectivity index (χ4v) is 3.74. The predicted octanol–water partition coefficient (Wildman–Crippen LogP) is 0.791. The van der Waals surface area contributed by atoms with E-state index in [9.17, 15) is 14.7 Å². The van der Waals surface area contributed by atoms with Crippen molar-refractivity contribution in [3.05, 3.63) is 34.1 Å². The van der Waals surface area contributed by atoms with Crippen molar-refractivity contribution in [3.8, 4) is 5.75 Å². The van der Waals surface area contributed by atoms with Gasteiger partial charge in [-0.25, -0.2) is 4.79 Å². The molecule has 2 aromatic rings. The van der Waals surface area contributed by atoms with E-state index in [1.807, 2.05) is 6.07 Å². The van der Waals surface area contributed by atoms with E-state index in [0.717, 1.165) is 12.2 Å². The molecule has 1 aromatic heterocycles. The van der Waals surface area contributed by atoms with Crippen molar-refractivity contribution >= 4 is 22.6 Å². The Hall–Kier alpha value is -2.74. The van der Waals surface area contributed by atoms with Gasteiger partial charge in [-0.3, -0.25) is 14.5 Å². The van der Waals surface area contributed by atoms with Crippen LogP contribution in [-0.2, 0) is 0 Å². The molecule has 4 rings (SSSR count). The van der Waals surface area contributed by atoms with Crippen LogP contribution in [0.3, 0.4) is 0 Å². The van der Waals surface area contributed by atoms with Crippen LogP contribution in [0.1, 0.15) is 24.2 Å². The molecule has 8 nitrogen and oxygen atoms in total. The second-order valence-electron chi connectivity index (χ2n) is 7.74. The molecule has 0 saturated carbocycles. The van der Waals surface area contributed by atoms with Crippen LogP contribution < -0.4 is 25.8 Å². The lowest BCUT2D eigenvalue weighted by molar-refractivity contribution is 0.0694. The highest BCUT2D eigenvalue weighted by molar-refractivity contribution is 5.97. The molecule has 26 heavy (non-hydrogen) atoms. The molecule has 2 aliphatic heterocycles. The van der Waals surface area contributed by atoms with Crippen LogP contribution >= 0.6 is 0 Å². The molecule has 138 valence electrons. The quantitative estimate of drug-likeness (QED) is 0.818. The summed E-state index contributed by atoms with van der Waals surface area (Å²) in [4.78, 5) is 26.2. The topological polar surface area (TPSA) is 101 Å². The molecule has 1 aromatic carbocycles. The smallest absolute Gasteiger partial charge is 0.341 e. The summed E-state index contributed by atoms with van der Waals surface area (Å²) in [6, 6.07) is 3.54. The number of hydrogen-bond acceptors (Lipinski definition) is 6. The molecule has 0 amide bonds. The fourth-order valence-electron chi connectivity index (χ4n) is 3.74. The highest BCUT2D eigenvalue weighted by Crippen LogP contribution is 2.41. The minimum Gasteiger partial charge on any atom is -0.477 e. The Morgan fingerprint density at radius 2 is 2.12 bits per heavy atom. The molecule has 1 atom stereocenters. The maximum Gasteiger partial charge on any atom is 0.341 e. The zero-order valence-electron chi connectivity index (χ0n) is 15.0. The van der Waals surface area contributed by atoms with Gasteiger partial charge in [0.25, 0.3) is 0 Å². The summed E-state index contributed by atoms with van der Waals surface area (Å²) >= 11 is 0. The zero-order valence-corrected chi connectivity index (χ0v) is 15.0. The van der Waals surface area contributed by atoms with Gasteiger partial charge in [0, 0.05) is 32.4 Å². The van der Waals surface area contributed by atoms with E-state index in [1.165, 1.54) is 6.20 Å².